The molecule has 0 unspecified atom stereocenters. The third kappa shape index (κ3) is 4.69. The number of hydrogen-bond donors (Lipinski definition) is 1. The molecule has 0 fully saturated rings. The van der Waals surface area contributed by atoms with E-state index in [-0.39, 0.29) is 5.78 Å². The molecule has 2 heterocycles. The Bertz CT molecular complexity index is 1080. The van der Waals surface area contributed by atoms with Gasteiger partial charge in [0, 0.05) is 25.1 Å². The number of nitrogens with one attached hydrogen (secondary N) is 1. The highest BCUT2D eigenvalue weighted by molar-refractivity contribution is 5.90. The molecule has 3 aromatic rings. The van der Waals surface area contributed by atoms with E-state index in [1.807, 2.05) is 37.3 Å². The summed E-state index contributed by atoms with van der Waals surface area (Å²) in [5.41, 5.74) is 3.34. The summed E-state index contributed by atoms with van der Waals surface area (Å²) in [6.07, 6.45) is 5.09. The van der Waals surface area contributed by atoms with Crippen molar-refractivity contribution >= 4 is 28.3 Å². The van der Waals surface area contributed by atoms with E-state index in [1.165, 1.54) is 0 Å². The second-order valence-electron chi connectivity index (χ2n) is 7.49. The number of anilines is 1. The number of carbonyl (C=O) groups excluding carboxylic acids is 1. The molecule has 0 aliphatic rings. The lowest BCUT2D eigenvalue weighted by Gasteiger charge is -2.13. The maximum Gasteiger partial charge on any atom is 0.204 e. The Hall–Kier alpha value is -3.16. The van der Waals surface area contributed by atoms with Crippen LogP contribution in [0.3, 0.4) is 0 Å². The molecule has 0 atom stereocenters. The molecule has 1 N–H and O–H groups in total. The van der Waals surface area contributed by atoms with Crippen LogP contribution in [0, 0.1) is 6.92 Å². The van der Waals surface area contributed by atoms with E-state index in [2.05, 4.69) is 15.5 Å². The molecule has 0 saturated heterocycles. The zero-order valence-corrected chi connectivity index (χ0v) is 18.3. The monoisotopic (exact) mass is 411 g/mol. The normalized spacial score (nSPS) is 11.0. The number of ether oxygens (including phenoxy) is 2. The van der Waals surface area contributed by atoms with Crippen LogP contribution in [-0.2, 0) is 4.79 Å². The summed E-state index contributed by atoms with van der Waals surface area (Å²) in [6.45, 7) is 6.53. The number of hydrogen-bond acceptors (Lipinski definition) is 7. The van der Waals surface area contributed by atoms with Crippen molar-refractivity contribution in [2.75, 3.05) is 26.1 Å². The smallest absolute Gasteiger partial charge is 0.204 e. The average molecular weight is 412 g/mol. The van der Waals surface area contributed by atoms with Crippen LogP contribution >= 0.6 is 0 Å². The van der Waals surface area contributed by atoms with Crippen LogP contribution in [0.5, 0.6) is 11.5 Å². The summed E-state index contributed by atoms with van der Waals surface area (Å²) in [6, 6.07) is 3.74. The molecular weight excluding hydrogens is 382 g/mol. The van der Waals surface area contributed by atoms with E-state index >= 15 is 0 Å². The Kier molecular flexibility index (Phi) is 6.87. The highest BCUT2D eigenvalue weighted by Crippen LogP contribution is 2.33. The zero-order chi connectivity index (χ0) is 21.7. The van der Waals surface area contributed by atoms with E-state index in [9.17, 15) is 4.79 Å². The Balaban J connectivity index is 1.74. The van der Waals surface area contributed by atoms with E-state index in [0.29, 0.717) is 29.4 Å². The number of carbonyl (C=O) groups is 1. The molecule has 30 heavy (non-hydrogen) atoms. The molecule has 1 aromatic carbocycles. The number of aromatic nitrogens is 4. The maximum absolute atomic E-state index is 11.7. The first kappa shape index (κ1) is 21.5. The summed E-state index contributed by atoms with van der Waals surface area (Å²) in [5, 5.41) is 11.9. The van der Waals surface area contributed by atoms with Crippen molar-refractivity contribution in [1.29, 1.82) is 0 Å². The summed E-state index contributed by atoms with van der Waals surface area (Å²) < 4.78 is 12.8. The van der Waals surface area contributed by atoms with Gasteiger partial charge in [-0.05, 0) is 39.7 Å². The minimum Gasteiger partial charge on any atom is -0.493 e. The van der Waals surface area contributed by atoms with Gasteiger partial charge < -0.3 is 14.8 Å². The molecule has 0 spiro atoms. The van der Waals surface area contributed by atoms with Gasteiger partial charge in [0.25, 0.3) is 0 Å². The van der Waals surface area contributed by atoms with Crippen LogP contribution in [0.25, 0.3) is 16.7 Å². The van der Waals surface area contributed by atoms with Crippen molar-refractivity contribution in [3.05, 3.63) is 29.6 Å². The lowest BCUT2D eigenvalue weighted by atomic mass is 10.1. The van der Waals surface area contributed by atoms with Gasteiger partial charge in [-0.1, -0.05) is 12.0 Å². The van der Waals surface area contributed by atoms with Crippen LogP contribution in [0.2, 0.25) is 0 Å². The van der Waals surface area contributed by atoms with E-state index in [1.54, 1.807) is 20.3 Å². The van der Waals surface area contributed by atoms with Crippen molar-refractivity contribution in [1.82, 2.24) is 19.6 Å². The van der Waals surface area contributed by atoms with Gasteiger partial charge in [-0.15, -0.1) is 10.2 Å². The first-order valence-electron chi connectivity index (χ1n) is 10.1. The summed E-state index contributed by atoms with van der Waals surface area (Å²) in [7, 11) is 3.21. The van der Waals surface area contributed by atoms with Crippen LogP contribution in [-0.4, -0.2) is 46.1 Å². The zero-order valence-electron chi connectivity index (χ0n) is 18.3. The molecule has 0 aliphatic carbocycles. The number of unbranched alkanes of at least 4 members (excludes halogenated alkanes) is 2. The van der Waals surface area contributed by atoms with Gasteiger partial charge in [-0.25, -0.2) is 4.98 Å². The number of rotatable bonds is 10. The topological polar surface area (TPSA) is 90.6 Å². The minimum absolute atomic E-state index is 0.198. The van der Waals surface area contributed by atoms with E-state index < -0.39 is 0 Å². The molecule has 8 heteroatoms. The molecule has 160 valence electrons. The standard InChI is InChI=1S/C22H29N5O3/c1-14(2)11-16(28)9-7-6-8-10-23-21-22-26-25-15(3)27(22)18-13-20(30-5)19(29-4)12-17(18)24-21/h11-13H,6-10H2,1-5H3,(H,23,24). The fraction of sp³-hybridized carbons (Fsp3) is 0.455. The highest BCUT2D eigenvalue weighted by atomic mass is 16.5. The highest BCUT2D eigenvalue weighted by Gasteiger charge is 2.16. The number of fused-ring (bicyclic) bond motifs is 3. The summed E-state index contributed by atoms with van der Waals surface area (Å²) in [4.78, 5) is 16.5. The molecular formula is C22H29N5O3. The Morgan fingerprint density at radius 2 is 1.83 bits per heavy atom. The Labute approximate surface area is 176 Å². The summed E-state index contributed by atoms with van der Waals surface area (Å²) >= 11 is 0. The first-order chi connectivity index (χ1) is 14.4. The number of aryl methyl sites for hydroxylation is 1. The number of benzene rings is 1. The fourth-order valence-corrected chi connectivity index (χ4v) is 3.42. The molecule has 0 amide bonds. The molecule has 0 saturated carbocycles. The average Bonchev–Trinajstić information content (AvgIpc) is 3.11. The van der Waals surface area contributed by atoms with Gasteiger partial charge in [0.05, 0.1) is 25.3 Å². The van der Waals surface area contributed by atoms with Gasteiger partial charge in [0.1, 0.15) is 5.82 Å². The molecule has 0 aliphatic heterocycles. The predicted molar refractivity (Wildman–Crippen MR) is 118 cm³/mol. The molecule has 8 nitrogen and oxygen atoms in total. The minimum atomic E-state index is 0.198. The molecule has 0 radical (unpaired) electrons. The molecule has 0 bridgehead atoms. The number of methoxy groups -OCH3 is 2. The van der Waals surface area contributed by atoms with Gasteiger partial charge in [-0.3, -0.25) is 9.20 Å². The number of allylic oxidation sites excluding steroid dienone is 2. The van der Waals surface area contributed by atoms with Crippen molar-refractivity contribution in [3.8, 4) is 11.5 Å². The van der Waals surface area contributed by atoms with E-state index in [0.717, 1.165) is 48.2 Å². The number of ketones is 1. The predicted octanol–water partition coefficient (Wildman–Crippen LogP) is 4.11. The van der Waals surface area contributed by atoms with Gasteiger partial charge in [0.2, 0.25) is 5.65 Å². The number of nitrogens with zero attached hydrogens (tertiary/aromatic N) is 4. The quantitative estimate of drug-likeness (QED) is 0.396. The lowest BCUT2D eigenvalue weighted by Crippen LogP contribution is -2.07. The van der Waals surface area contributed by atoms with Crippen LogP contribution in [0.4, 0.5) is 5.82 Å². The van der Waals surface area contributed by atoms with Gasteiger partial charge in [-0.2, -0.15) is 0 Å². The molecule has 2 aromatic heterocycles. The molecule has 3 rings (SSSR count). The lowest BCUT2D eigenvalue weighted by molar-refractivity contribution is -0.114. The van der Waals surface area contributed by atoms with Gasteiger partial charge >= 0.3 is 0 Å². The first-order valence-corrected chi connectivity index (χ1v) is 10.1. The summed E-state index contributed by atoms with van der Waals surface area (Å²) in [5.74, 6) is 2.89. The van der Waals surface area contributed by atoms with Crippen molar-refractivity contribution in [3.63, 3.8) is 0 Å². The maximum atomic E-state index is 11.7. The Morgan fingerprint density at radius 3 is 2.53 bits per heavy atom. The van der Waals surface area contributed by atoms with Crippen LogP contribution in [0.1, 0.15) is 45.4 Å². The van der Waals surface area contributed by atoms with Crippen molar-refractivity contribution in [2.24, 2.45) is 0 Å². The van der Waals surface area contributed by atoms with Gasteiger partial charge in [0.15, 0.2) is 23.1 Å². The van der Waals surface area contributed by atoms with Crippen molar-refractivity contribution in [2.45, 2.75) is 46.5 Å². The van der Waals surface area contributed by atoms with Crippen LogP contribution < -0.4 is 14.8 Å². The third-order valence-corrected chi connectivity index (χ3v) is 4.83. The second kappa shape index (κ2) is 9.56. The fourth-order valence-electron chi connectivity index (χ4n) is 3.42. The third-order valence-electron chi connectivity index (χ3n) is 4.83. The largest absolute Gasteiger partial charge is 0.493 e. The van der Waals surface area contributed by atoms with Crippen molar-refractivity contribution < 1.29 is 14.3 Å². The SMILES string of the molecule is COc1cc2nc(NCCCCCC(=O)C=C(C)C)c3nnc(C)n3c2cc1OC. The van der Waals surface area contributed by atoms with Crippen LogP contribution in [0.15, 0.2) is 23.8 Å². The Morgan fingerprint density at radius 1 is 1.10 bits per heavy atom. The van der Waals surface area contributed by atoms with E-state index in [4.69, 9.17) is 14.5 Å². The second-order valence-corrected chi connectivity index (χ2v) is 7.49.